The third kappa shape index (κ3) is 4.49. The standard InChI is InChI=1S/C15H14F5N3O3S/c1-3-27(24,25)11-5-4-6-21-12(11)10-7-9(2)13(23-22-10)26-8-14(16,17)15(18,19)20/h4-7H,3,8H2,1-2H3. The molecule has 0 saturated carbocycles. The van der Waals surface area contributed by atoms with E-state index in [1.807, 2.05) is 0 Å². The highest BCUT2D eigenvalue weighted by Crippen LogP contribution is 2.36. The first-order valence-electron chi connectivity index (χ1n) is 7.49. The van der Waals surface area contributed by atoms with Crippen LogP contribution >= 0.6 is 0 Å². The van der Waals surface area contributed by atoms with Gasteiger partial charge >= 0.3 is 12.1 Å². The molecule has 27 heavy (non-hydrogen) atoms. The molecular weight excluding hydrogens is 397 g/mol. The molecule has 0 aliphatic rings. The lowest BCUT2D eigenvalue weighted by Crippen LogP contribution is -2.42. The first-order valence-corrected chi connectivity index (χ1v) is 9.14. The van der Waals surface area contributed by atoms with Crippen molar-refractivity contribution in [3.05, 3.63) is 30.0 Å². The van der Waals surface area contributed by atoms with E-state index in [4.69, 9.17) is 0 Å². The maximum atomic E-state index is 12.9. The van der Waals surface area contributed by atoms with Crippen LogP contribution in [0.2, 0.25) is 0 Å². The predicted octanol–water partition coefficient (Wildman–Crippen LogP) is 3.22. The molecule has 0 saturated heterocycles. The Hall–Kier alpha value is -2.37. The Morgan fingerprint density at radius 3 is 2.37 bits per heavy atom. The van der Waals surface area contributed by atoms with Gasteiger partial charge in [0.05, 0.1) is 10.6 Å². The van der Waals surface area contributed by atoms with E-state index < -0.39 is 34.4 Å². The molecule has 2 heterocycles. The molecule has 2 aromatic heterocycles. The molecule has 0 fully saturated rings. The van der Waals surface area contributed by atoms with Crippen molar-refractivity contribution in [3.8, 4) is 17.3 Å². The molecule has 148 valence electrons. The fraction of sp³-hybridized carbons (Fsp3) is 0.400. The number of nitrogens with zero attached hydrogens (tertiary/aromatic N) is 3. The maximum Gasteiger partial charge on any atom is 0.456 e. The SMILES string of the molecule is CCS(=O)(=O)c1cccnc1-c1cc(C)c(OCC(F)(F)C(F)(F)F)nn1. The molecule has 12 heteroatoms. The Bertz CT molecular complexity index is 933. The lowest BCUT2D eigenvalue weighted by atomic mass is 10.2. The predicted molar refractivity (Wildman–Crippen MR) is 84.2 cm³/mol. The fourth-order valence-electron chi connectivity index (χ4n) is 1.96. The summed E-state index contributed by atoms with van der Waals surface area (Å²) in [6.07, 6.45) is -4.43. The second kappa shape index (κ2) is 7.33. The minimum atomic E-state index is -5.76. The molecule has 0 atom stereocenters. The summed E-state index contributed by atoms with van der Waals surface area (Å²) in [6.45, 7) is 0.835. The van der Waals surface area contributed by atoms with Crippen LogP contribution in [0.1, 0.15) is 12.5 Å². The van der Waals surface area contributed by atoms with Gasteiger partial charge in [-0.3, -0.25) is 4.98 Å². The minimum Gasteiger partial charge on any atom is -0.470 e. The molecule has 0 bridgehead atoms. The van der Waals surface area contributed by atoms with Gasteiger partial charge in [-0.2, -0.15) is 22.0 Å². The number of alkyl halides is 5. The molecule has 0 radical (unpaired) electrons. The van der Waals surface area contributed by atoms with Gasteiger partial charge in [0.15, 0.2) is 16.4 Å². The van der Waals surface area contributed by atoms with Crippen LogP contribution < -0.4 is 4.74 Å². The average molecular weight is 411 g/mol. The van der Waals surface area contributed by atoms with Crippen LogP contribution in [-0.4, -0.2) is 48.1 Å². The number of sulfone groups is 1. The van der Waals surface area contributed by atoms with E-state index >= 15 is 0 Å². The van der Waals surface area contributed by atoms with Crippen molar-refractivity contribution in [2.75, 3.05) is 12.4 Å². The summed E-state index contributed by atoms with van der Waals surface area (Å²) in [4.78, 5) is 3.86. The number of aromatic nitrogens is 3. The van der Waals surface area contributed by atoms with E-state index in [2.05, 4.69) is 19.9 Å². The molecule has 0 unspecified atom stereocenters. The molecule has 2 rings (SSSR count). The van der Waals surface area contributed by atoms with Gasteiger partial charge in [0.25, 0.3) is 0 Å². The van der Waals surface area contributed by atoms with E-state index in [0.29, 0.717) is 0 Å². The molecule has 0 aromatic carbocycles. The summed E-state index contributed by atoms with van der Waals surface area (Å²) in [7, 11) is -3.63. The highest BCUT2D eigenvalue weighted by molar-refractivity contribution is 7.91. The van der Waals surface area contributed by atoms with Crippen molar-refractivity contribution in [1.82, 2.24) is 15.2 Å². The summed E-state index contributed by atoms with van der Waals surface area (Å²) >= 11 is 0. The van der Waals surface area contributed by atoms with Gasteiger partial charge in [0, 0.05) is 11.8 Å². The van der Waals surface area contributed by atoms with Crippen LogP contribution in [0.4, 0.5) is 22.0 Å². The molecule has 6 nitrogen and oxygen atoms in total. The Balaban J connectivity index is 2.34. The van der Waals surface area contributed by atoms with Crippen molar-refractivity contribution >= 4 is 9.84 Å². The monoisotopic (exact) mass is 411 g/mol. The molecule has 0 spiro atoms. The van der Waals surface area contributed by atoms with Gasteiger partial charge in [-0.1, -0.05) is 6.92 Å². The normalized spacial score (nSPS) is 12.9. The Morgan fingerprint density at radius 1 is 1.15 bits per heavy atom. The molecule has 0 N–H and O–H groups in total. The van der Waals surface area contributed by atoms with Gasteiger partial charge < -0.3 is 4.74 Å². The fourth-order valence-corrected chi connectivity index (χ4v) is 3.01. The quantitative estimate of drug-likeness (QED) is 0.679. The largest absolute Gasteiger partial charge is 0.470 e. The third-order valence-corrected chi connectivity index (χ3v) is 5.23. The summed E-state index contributed by atoms with van der Waals surface area (Å²) in [5, 5.41) is 7.13. The maximum absolute atomic E-state index is 12.9. The zero-order valence-corrected chi connectivity index (χ0v) is 14.9. The van der Waals surface area contributed by atoms with Gasteiger partial charge in [0.1, 0.15) is 11.4 Å². The lowest BCUT2D eigenvalue weighted by molar-refractivity contribution is -0.290. The van der Waals surface area contributed by atoms with Crippen molar-refractivity contribution in [3.63, 3.8) is 0 Å². The van der Waals surface area contributed by atoms with Crippen LogP contribution in [0.5, 0.6) is 5.88 Å². The number of aryl methyl sites for hydroxylation is 1. The lowest BCUT2D eigenvalue weighted by Gasteiger charge is -2.19. The molecular formula is C15H14F5N3O3S. The van der Waals surface area contributed by atoms with Gasteiger partial charge in [-0.15, -0.1) is 10.2 Å². The van der Waals surface area contributed by atoms with Crippen LogP contribution in [0.25, 0.3) is 11.4 Å². The van der Waals surface area contributed by atoms with Crippen molar-refractivity contribution in [2.24, 2.45) is 0 Å². The van der Waals surface area contributed by atoms with Crippen molar-refractivity contribution in [2.45, 2.75) is 30.8 Å². The smallest absolute Gasteiger partial charge is 0.456 e. The minimum absolute atomic E-state index is 0.00931. The summed E-state index contributed by atoms with van der Waals surface area (Å²) in [6, 6.07) is 3.99. The number of hydrogen-bond acceptors (Lipinski definition) is 6. The average Bonchev–Trinajstić information content (AvgIpc) is 2.59. The second-order valence-electron chi connectivity index (χ2n) is 5.46. The van der Waals surface area contributed by atoms with Crippen LogP contribution in [-0.2, 0) is 9.84 Å². The van der Waals surface area contributed by atoms with Crippen molar-refractivity contribution < 1.29 is 35.1 Å². The van der Waals surface area contributed by atoms with Gasteiger partial charge in [-0.25, -0.2) is 8.42 Å². The topological polar surface area (TPSA) is 82.0 Å². The summed E-state index contributed by atoms with van der Waals surface area (Å²) < 4.78 is 91.2. The third-order valence-electron chi connectivity index (χ3n) is 3.47. The first kappa shape index (κ1) is 20.9. The highest BCUT2D eigenvalue weighted by Gasteiger charge is 2.58. The zero-order valence-electron chi connectivity index (χ0n) is 14.1. The van der Waals surface area contributed by atoms with E-state index in [-0.39, 0.29) is 27.6 Å². The summed E-state index contributed by atoms with van der Waals surface area (Å²) in [5.74, 6) is -5.77. The number of rotatable bonds is 6. The molecule has 0 amide bonds. The van der Waals surface area contributed by atoms with Gasteiger partial charge in [0.2, 0.25) is 5.88 Å². The van der Waals surface area contributed by atoms with Crippen LogP contribution in [0, 0.1) is 6.92 Å². The van der Waals surface area contributed by atoms with E-state index in [1.165, 1.54) is 38.2 Å². The molecule has 0 aliphatic carbocycles. The van der Waals surface area contributed by atoms with Crippen molar-refractivity contribution in [1.29, 1.82) is 0 Å². The zero-order chi connectivity index (χ0) is 20.5. The number of hydrogen-bond donors (Lipinski definition) is 0. The van der Waals surface area contributed by atoms with Crippen LogP contribution in [0.15, 0.2) is 29.3 Å². The molecule has 0 aliphatic heterocycles. The highest BCUT2D eigenvalue weighted by atomic mass is 32.2. The number of ether oxygens (including phenoxy) is 1. The van der Waals surface area contributed by atoms with E-state index in [0.717, 1.165) is 0 Å². The second-order valence-corrected chi connectivity index (χ2v) is 7.71. The van der Waals surface area contributed by atoms with Gasteiger partial charge in [-0.05, 0) is 25.1 Å². The Labute approximate surface area is 151 Å². The molecule has 2 aromatic rings. The van der Waals surface area contributed by atoms with E-state index in [1.54, 1.807) is 0 Å². The first-order chi connectivity index (χ1) is 12.4. The number of halogens is 5. The van der Waals surface area contributed by atoms with E-state index in [9.17, 15) is 30.4 Å². The summed E-state index contributed by atoms with van der Waals surface area (Å²) in [5.41, 5.74) is 0.0839. The number of pyridine rings is 1. The Kier molecular flexibility index (Phi) is 5.68. The Morgan fingerprint density at radius 2 is 1.81 bits per heavy atom. The van der Waals surface area contributed by atoms with Crippen LogP contribution in [0.3, 0.4) is 0 Å².